The van der Waals surface area contributed by atoms with Crippen LogP contribution in [0.1, 0.15) is 33.6 Å². The summed E-state index contributed by atoms with van der Waals surface area (Å²) >= 11 is 0. The van der Waals surface area contributed by atoms with Gasteiger partial charge in [0.05, 0.1) is 0 Å². The van der Waals surface area contributed by atoms with Crippen molar-refractivity contribution < 1.29 is 18.4 Å². The summed E-state index contributed by atoms with van der Waals surface area (Å²) in [5, 5.41) is 5.01. The van der Waals surface area contributed by atoms with E-state index < -0.39 is 23.2 Å². The number of hydrogen-bond donors (Lipinski definition) is 2. The van der Waals surface area contributed by atoms with E-state index in [-0.39, 0.29) is 17.5 Å². The van der Waals surface area contributed by atoms with E-state index in [2.05, 4.69) is 10.6 Å². The van der Waals surface area contributed by atoms with E-state index in [9.17, 15) is 18.4 Å². The fourth-order valence-corrected chi connectivity index (χ4v) is 2.10. The van der Waals surface area contributed by atoms with Crippen LogP contribution < -0.4 is 10.6 Å². The van der Waals surface area contributed by atoms with Crippen LogP contribution in [0.2, 0.25) is 0 Å². The number of rotatable bonds is 4. The molecule has 1 saturated carbocycles. The van der Waals surface area contributed by atoms with E-state index in [1.807, 2.05) is 0 Å². The SMILES string of the molecule is O=C(Nc1c(F)cccc1F)c1cccc(C(=O)NC2CC2)c1. The molecule has 0 spiro atoms. The van der Waals surface area contributed by atoms with Crippen LogP contribution in [0.4, 0.5) is 14.5 Å². The molecule has 2 aromatic rings. The molecular formula is C17H14F2N2O2. The molecule has 0 bridgehead atoms. The highest BCUT2D eigenvalue weighted by molar-refractivity contribution is 6.06. The summed E-state index contributed by atoms with van der Waals surface area (Å²) in [6.07, 6.45) is 1.91. The summed E-state index contributed by atoms with van der Waals surface area (Å²) in [6, 6.07) is 9.52. The predicted octanol–water partition coefficient (Wildman–Crippen LogP) is 3.11. The maximum Gasteiger partial charge on any atom is 0.255 e. The fourth-order valence-electron chi connectivity index (χ4n) is 2.10. The van der Waals surface area contributed by atoms with Gasteiger partial charge in [0.25, 0.3) is 11.8 Å². The highest BCUT2D eigenvalue weighted by atomic mass is 19.1. The molecule has 1 aliphatic carbocycles. The van der Waals surface area contributed by atoms with Crippen molar-refractivity contribution in [2.24, 2.45) is 0 Å². The minimum Gasteiger partial charge on any atom is -0.349 e. The molecule has 0 radical (unpaired) electrons. The van der Waals surface area contributed by atoms with Gasteiger partial charge >= 0.3 is 0 Å². The average Bonchev–Trinajstić information content (AvgIpc) is 3.35. The van der Waals surface area contributed by atoms with Gasteiger partial charge in [0, 0.05) is 17.2 Å². The van der Waals surface area contributed by atoms with Gasteiger partial charge in [0.2, 0.25) is 0 Å². The molecule has 0 heterocycles. The maximum atomic E-state index is 13.6. The number of halogens is 2. The van der Waals surface area contributed by atoms with Crippen LogP contribution in [-0.2, 0) is 0 Å². The zero-order valence-corrected chi connectivity index (χ0v) is 12.1. The van der Waals surface area contributed by atoms with Gasteiger partial charge in [0.1, 0.15) is 17.3 Å². The van der Waals surface area contributed by atoms with Gasteiger partial charge in [-0.15, -0.1) is 0 Å². The first-order chi connectivity index (χ1) is 11.0. The van der Waals surface area contributed by atoms with Gasteiger partial charge in [-0.2, -0.15) is 0 Å². The second kappa shape index (κ2) is 6.16. The zero-order valence-electron chi connectivity index (χ0n) is 12.1. The number of carbonyl (C=O) groups excluding carboxylic acids is 2. The Hall–Kier alpha value is -2.76. The fraction of sp³-hybridized carbons (Fsp3) is 0.176. The first kappa shape index (κ1) is 15.1. The van der Waals surface area contributed by atoms with Crippen molar-refractivity contribution in [1.82, 2.24) is 5.32 Å². The van der Waals surface area contributed by atoms with E-state index >= 15 is 0 Å². The topological polar surface area (TPSA) is 58.2 Å². The molecule has 0 aromatic heterocycles. The Morgan fingerprint density at radius 3 is 2.09 bits per heavy atom. The number of para-hydroxylation sites is 1. The van der Waals surface area contributed by atoms with Gasteiger partial charge in [-0.3, -0.25) is 9.59 Å². The van der Waals surface area contributed by atoms with Crippen LogP contribution in [0, 0.1) is 11.6 Å². The van der Waals surface area contributed by atoms with Crippen LogP contribution in [-0.4, -0.2) is 17.9 Å². The van der Waals surface area contributed by atoms with E-state index in [0.29, 0.717) is 5.56 Å². The van der Waals surface area contributed by atoms with Crippen LogP contribution in [0.3, 0.4) is 0 Å². The lowest BCUT2D eigenvalue weighted by Crippen LogP contribution is -2.25. The number of hydrogen-bond acceptors (Lipinski definition) is 2. The quantitative estimate of drug-likeness (QED) is 0.910. The van der Waals surface area contributed by atoms with Crippen molar-refractivity contribution in [3.8, 4) is 0 Å². The molecule has 0 atom stereocenters. The molecule has 118 valence electrons. The number of anilines is 1. The third-order valence-corrected chi connectivity index (χ3v) is 3.50. The Bertz CT molecular complexity index is 753. The molecule has 2 amide bonds. The smallest absolute Gasteiger partial charge is 0.255 e. The molecule has 0 saturated heterocycles. The minimum absolute atomic E-state index is 0.149. The van der Waals surface area contributed by atoms with Gasteiger partial charge in [-0.25, -0.2) is 8.78 Å². The summed E-state index contributed by atoms with van der Waals surface area (Å²) in [4.78, 5) is 24.1. The molecule has 2 N–H and O–H groups in total. The highest BCUT2D eigenvalue weighted by Gasteiger charge is 2.24. The molecule has 4 nitrogen and oxygen atoms in total. The second-order valence-corrected chi connectivity index (χ2v) is 5.38. The maximum absolute atomic E-state index is 13.6. The van der Waals surface area contributed by atoms with E-state index in [1.165, 1.54) is 18.2 Å². The van der Waals surface area contributed by atoms with Crippen molar-refractivity contribution in [1.29, 1.82) is 0 Å². The van der Waals surface area contributed by atoms with Crippen LogP contribution in [0.15, 0.2) is 42.5 Å². The Morgan fingerprint density at radius 2 is 1.48 bits per heavy atom. The zero-order chi connectivity index (χ0) is 16.4. The van der Waals surface area contributed by atoms with Gasteiger partial charge in [-0.1, -0.05) is 12.1 Å². The van der Waals surface area contributed by atoms with Crippen LogP contribution in [0.25, 0.3) is 0 Å². The van der Waals surface area contributed by atoms with Crippen molar-refractivity contribution in [2.75, 3.05) is 5.32 Å². The summed E-state index contributed by atoms with van der Waals surface area (Å²) in [5.41, 5.74) is -0.0278. The monoisotopic (exact) mass is 316 g/mol. The molecule has 6 heteroatoms. The molecule has 0 aliphatic heterocycles. The lowest BCUT2D eigenvalue weighted by molar-refractivity contribution is 0.0951. The Kier molecular flexibility index (Phi) is 4.06. The Morgan fingerprint density at radius 1 is 0.913 bits per heavy atom. The molecule has 1 fully saturated rings. The van der Waals surface area contributed by atoms with E-state index in [4.69, 9.17) is 0 Å². The third kappa shape index (κ3) is 3.53. The second-order valence-electron chi connectivity index (χ2n) is 5.38. The molecular weight excluding hydrogens is 302 g/mol. The number of amides is 2. The van der Waals surface area contributed by atoms with Gasteiger partial charge < -0.3 is 10.6 Å². The molecule has 1 aliphatic rings. The first-order valence-corrected chi connectivity index (χ1v) is 7.21. The summed E-state index contributed by atoms with van der Waals surface area (Å²) in [7, 11) is 0. The Balaban J connectivity index is 1.78. The molecule has 2 aromatic carbocycles. The highest BCUT2D eigenvalue weighted by Crippen LogP contribution is 2.21. The standard InChI is InChI=1S/C17H14F2N2O2/c18-13-5-2-6-14(19)15(13)21-17(23)11-4-1-3-10(9-11)16(22)20-12-7-8-12/h1-6,9,12H,7-8H2,(H,20,22)(H,21,23). The Labute approximate surface area is 131 Å². The molecule has 23 heavy (non-hydrogen) atoms. The lowest BCUT2D eigenvalue weighted by Gasteiger charge is -2.09. The average molecular weight is 316 g/mol. The van der Waals surface area contributed by atoms with Crippen LogP contribution in [0.5, 0.6) is 0 Å². The third-order valence-electron chi connectivity index (χ3n) is 3.50. The number of nitrogens with one attached hydrogen (secondary N) is 2. The van der Waals surface area contributed by atoms with Crippen molar-refractivity contribution in [3.63, 3.8) is 0 Å². The predicted molar refractivity (Wildman–Crippen MR) is 81.2 cm³/mol. The summed E-state index contributed by atoms with van der Waals surface area (Å²) < 4.78 is 27.1. The number of benzene rings is 2. The van der Waals surface area contributed by atoms with Crippen molar-refractivity contribution >= 4 is 17.5 Å². The van der Waals surface area contributed by atoms with E-state index in [1.54, 1.807) is 12.1 Å². The van der Waals surface area contributed by atoms with Gasteiger partial charge in [0.15, 0.2) is 0 Å². The molecule has 3 rings (SSSR count). The van der Waals surface area contributed by atoms with Crippen LogP contribution >= 0.6 is 0 Å². The largest absolute Gasteiger partial charge is 0.349 e. The van der Waals surface area contributed by atoms with E-state index in [0.717, 1.165) is 25.0 Å². The van der Waals surface area contributed by atoms with Gasteiger partial charge in [-0.05, 0) is 43.2 Å². The summed E-state index contributed by atoms with van der Waals surface area (Å²) in [5.74, 6) is -2.67. The first-order valence-electron chi connectivity index (χ1n) is 7.21. The van der Waals surface area contributed by atoms with Crippen molar-refractivity contribution in [2.45, 2.75) is 18.9 Å². The molecule has 0 unspecified atom stereocenters. The number of carbonyl (C=O) groups is 2. The lowest BCUT2D eigenvalue weighted by atomic mass is 10.1. The summed E-state index contributed by atoms with van der Waals surface area (Å²) in [6.45, 7) is 0. The van der Waals surface area contributed by atoms with Crippen molar-refractivity contribution in [3.05, 3.63) is 65.2 Å². The minimum atomic E-state index is -0.860. The normalized spacial score (nSPS) is 13.5.